The average Bonchev–Trinajstić information content (AvgIpc) is 3.05. The largest absolute Gasteiger partial charge is 0.378 e. The van der Waals surface area contributed by atoms with E-state index in [-0.39, 0.29) is 11.3 Å². The Kier molecular flexibility index (Phi) is 3.85. The number of anilines is 1. The first-order chi connectivity index (χ1) is 10.1. The van der Waals surface area contributed by atoms with Crippen molar-refractivity contribution in [1.82, 2.24) is 15.6 Å². The number of carbonyl (C=O) groups is 1. The molecule has 114 valence electrons. The van der Waals surface area contributed by atoms with Crippen LogP contribution in [0.15, 0.2) is 18.3 Å². The Labute approximate surface area is 126 Å². The fourth-order valence-electron chi connectivity index (χ4n) is 3.71. The first kappa shape index (κ1) is 14.3. The summed E-state index contributed by atoms with van der Waals surface area (Å²) in [7, 11) is 4.01. The maximum absolute atomic E-state index is 12.7. The minimum Gasteiger partial charge on any atom is -0.378 e. The number of nitrogens with one attached hydrogen (secondary N) is 2. The number of pyridine rings is 1. The molecule has 2 fully saturated rings. The van der Waals surface area contributed by atoms with Crippen LogP contribution in [-0.2, 0) is 11.3 Å². The maximum atomic E-state index is 12.7. The second kappa shape index (κ2) is 5.64. The summed E-state index contributed by atoms with van der Waals surface area (Å²) >= 11 is 0. The van der Waals surface area contributed by atoms with Crippen molar-refractivity contribution in [2.75, 3.05) is 25.5 Å². The van der Waals surface area contributed by atoms with E-state index in [0.717, 1.165) is 43.6 Å². The van der Waals surface area contributed by atoms with Crippen LogP contribution in [0.25, 0.3) is 0 Å². The molecule has 0 aromatic carbocycles. The summed E-state index contributed by atoms with van der Waals surface area (Å²) in [6, 6.07) is 4.37. The molecule has 2 heterocycles. The van der Waals surface area contributed by atoms with Crippen LogP contribution in [0.4, 0.5) is 5.69 Å². The van der Waals surface area contributed by atoms with Gasteiger partial charge in [0.2, 0.25) is 5.91 Å². The Morgan fingerprint density at radius 3 is 3.19 bits per heavy atom. The molecule has 1 aromatic heterocycles. The van der Waals surface area contributed by atoms with Gasteiger partial charge in [0.15, 0.2) is 0 Å². The highest BCUT2D eigenvalue weighted by atomic mass is 16.2. The lowest BCUT2D eigenvalue weighted by Gasteiger charge is -2.27. The van der Waals surface area contributed by atoms with Crippen molar-refractivity contribution in [2.24, 2.45) is 5.41 Å². The highest BCUT2D eigenvalue weighted by Crippen LogP contribution is 2.44. The fourth-order valence-corrected chi connectivity index (χ4v) is 3.71. The van der Waals surface area contributed by atoms with E-state index in [9.17, 15) is 4.79 Å². The summed E-state index contributed by atoms with van der Waals surface area (Å²) in [5.74, 6) is 0.201. The lowest BCUT2D eigenvalue weighted by molar-refractivity contribution is -0.131. The topological polar surface area (TPSA) is 57.3 Å². The predicted molar refractivity (Wildman–Crippen MR) is 83.1 cm³/mol. The molecule has 1 saturated carbocycles. The van der Waals surface area contributed by atoms with Gasteiger partial charge in [-0.25, -0.2) is 0 Å². The van der Waals surface area contributed by atoms with E-state index in [1.165, 1.54) is 0 Å². The number of rotatable bonds is 4. The predicted octanol–water partition coefficient (Wildman–Crippen LogP) is 1.30. The van der Waals surface area contributed by atoms with Crippen molar-refractivity contribution in [1.29, 1.82) is 0 Å². The molecule has 3 rings (SSSR count). The molecule has 2 N–H and O–H groups in total. The Balaban J connectivity index is 1.65. The molecule has 21 heavy (non-hydrogen) atoms. The van der Waals surface area contributed by atoms with Crippen LogP contribution < -0.4 is 15.5 Å². The molecule has 0 unspecified atom stereocenters. The van der Waals surface area contributed by atoms with Gasteiger partial charge in [-0.1, -0.05) is 6.42 Å². The Hall–Kier alpha value is -1.62. The number of fused-ring (bicyclic) bond motifs is 1. The number of amides is 1. The fraction of sp³-hybridized carbons (Fsp3) is 0.625. The van der Waals surface area contributed by atoms with Crippen molar-refractivity contribution in [2.45, 2.75) is 38.3 Å². The average molecular weight is 288 g/mol. The number of hydrogen-bond donors (Lipinski definition) is 2. The van der Waals surface area contributed by atoms with Gasteiger partial charge in [0, 0.05) is 32.0 Å². The van der Waals surface area contributed by atoms with Crippen molar-refractivity contribution in [3.63, 3.8) is 0 Å². The summed E-state index contributed by atoms with van der Waals surface area (Å²) in [5.41, 5.74) is 1.85. The smallest absolute Gasteiger partial charge is 0.228 e. The van der Waals surface area contributed by atoms with Gasteiger partial charge in [0.1, 0.15) is 0 Å². The second-order valence-electron chi connectivity index (χ2n) is 6.39. The Morgan fingerprint density at radius 2 is 2.38 bits per heavy atom. The molecule has 0 spiro atoms. The van der Waals surface area contributed by atoms with Crippen LogP contribution in [0, 0.1) is 5.41 Å². The zero-order chi connectivity index (χ0) is 14.9. The van der Waals surface area contributed by atoms with Gasteiger partial charge in [-0.05, 0) is 37.9 Å². The standard InChI is InChI=1S/C16H24N4O/c1-20(2)13-5-8-17-12(10-13)11-19-15(21)16-6-3-4-14(16)18-9-7-16/h5,8,10,14,18H,3-4,6-7,9,11H2,1-2H3,(H,19,21)/t14-,16+/m1/s1. The molecule has 0 radical (unpaired) electrons. The lowest BCUT2D eigenvalue weighted by Crippen LogP contribution is -2.45. The van der Waals surface area contributed by atoms with Gasteiger partial charge in [-0.15, -0.1) is 0 Å². The summed E-state index contributed by atoms with van der Waals surface area (Å²) in [6.07, 6.45) is 6.06. The van der Waals surface area contributed by atoms with Gasteiger partial charge >= 0.3 is 0 Å². The molecular weight excluding hydrogens is 264 g/mol. The zero-order valence-electron chi connectivity index (χ0n) is 12.9. The Bertz CT molecular complexity index is 519. The van der Waals surface area contributed by atoms with Crippen molar-refractivity contribution >= 4 is 11.6 Å². The van der Waals surface area contributed by atoms with E-state index in [1.54, 1.807) is 6.20 Å². The van der Waals surface area contributed by atoms with E-state index in [2.05, 4.69) is 15.6 Å². The van der Waals surface area contributed by atoms with E-state index in [1.807, 2.05) is 31.1 Å². The molecule has 2 atom stereocenters. The number of nitrogens with zero attached hydrogens (tertiary/aromatic N) is 2. The minimum absolute atomic E-state index is 0.168. The minimum atomic E-state index is -0.168. The summed E-state index contributed by atoms with van der Waals surface area (Å²) < 4.78 is 0. The monoisotopic (exact) mass is 288 g/mol. The summed E-state index contributed by atoms with van der Waals surface area (Å²) in [6.45, 7) is 1.47. The molecule has 0 bridgehead atoms. The third-order valence-electron chi connectivity index (χ3n) is 4.94. The number of hydrogen-bond acceptors (Lipinski definition) is 4. The first-order valence-electron chi connectivity index (χ1n) is 7.76. The van der Waals surface area contributed by atoms with Crippen LogP contribution in [0.5, 0.6) is 0 Å². The van der Waals surface area contributed by atoms with Gasteiger partial charge in [-0.2, -0.15) is 0 Å². The van der Waals surface area contributed by atoms with Crippen LogP contribution in [0.2, 0.25) is 0 Å². The quantitative estimate of drug-likeness (QED) is 0.877. The summed E-state index contributed by atoms with van der Waals surface area (Å²) in [5, 5.41) is 6.59. The number of aromatic nitrogens is 1. The van der Waals surface area contributed by atoms with Crippen LogP contribution in [0.1, 0.15) is 31.4 Å². The van der Waals surface area contributed by atoms with E-state index < -0.39 is 0 Å². The number of carbonyl (C=O) groups excluding carboxylic acids is 1. The van der Waals surface area contributed by atoms with Crippen LogP contribution in [0.3, 0.4) is 0 Å². The van der Waals surface area contributed by atoms with E-state index >= 15 is 0 Å². The van der Waals surface area contributed by atoms with E-state index in [4.69, 9.17) is 0 Å². The molecule has 5 heteroatoms. The normalized spacial score (nSPS) is 27.4. The molecule has 1 aliphatic heterocycles. The SMILES string of the molecule is CN(C)c1ccnc(CNC(=O)[C@]23CCC[C@H]2NCC3)c1. The summed E-state index contributed by atoms with van der Waals surface area (Å²) in [4.78, 5) is 19.0. The highest BCUT2D eigenvalue weighted by Gasteiger charge is 2.51. The molecule has 1 amide bonds. The second-order valence-corrected chi connectivity index (χ2v) is 6.39. The van der Waals surface area contributed by atoms with Gasteiger partial charge in [0.05, 0.1) is 17.7 Å². The first-order valence-corrected chi connectivity index (χ1v) is 7.76. The van der Waals surface area contributed by atoms with Crippen LogP contribution in [-0.4, -0.2) is 37.6 Å². The molecule has 2 aliphatic rings. The molecule has 5 nitrogen and oxygen atoms in total. The van der Waals surface area contributed by atoms with Crippen LogP contribution >= 0.6 is 0 Å². The van der Waals surface area contributed by atoms with Crippen molar-refractivity contribution < 1.29 is 4.79 Å². The van der Waals surface area contributed by atoms with Gasteiger partial charge in [-0.3, -0.25) is 9.78 Å². The molecule has 1 saturated heterocycles. The third kappa shape index (κ3) is 2.62. The van der Waals surface area contributed by atoms with Gasteiger partial charge < -0.3 is 15.5 Å². The third-order valence-corrected chi connectivity index (χ3v) is 4.94. The lowest BCUT2D eigenvalue weighted by atomic mass is 9.81. The molecule has 1 aromatic rings. The highest BCUT2D eigenvalue weighted by molar-refractivity contribution is 5.84. The zero-order valence-corrected chi connectivity index (χ0v) is 12.9. The molecular formula is C16H24N4O. The maximum Gasteiger partial charge on any atom is 0.228 e. The van der Waals surface area contributed by atoms with Crippen molar-refractivity contribution in [3.05, 3.63) is 24.0 Å². The Morgan fingerprint density at radius 1 is 1.52 bits per heavy atom. The molecule has 1 aliphatic carbocycles. The van der Waals surface area contributed by atoms with Gasteiger partial charge in [0.25, 0.3) is 0 Å². The van der Waals surface area contributed by atoms with Crippen molar-refractivity contribution in [3.8, 4) is 0 Å². The van der Waals surface area contributed by atoms with E-state index in [0.29, 0.717) is 12.6 Å².